The molecular formula is C16H19ClN4. The highest BCUT2D eigenvalue weighted by Gasteiger charge is 2.40. The molecule has 3 rings (SSSR count). The van der Waals surface area contributed by atoms with E-state index in [9.17, 15) is 0 Å². The molecule has 110 valence electrons. The smallest absolute Gasteiger partial charge is 0.0688 e. The van der Waals surface area contributed by atoms with Crippen molar-refractivity contribution in [3.8, 4) is 11.1 Å². The van der Waals surface area contributed by atoms with E-state index in [0.717, 1.165) is 29.0 Å². The highest BCUT2D eigenvalue weighted by atomic mass is 35.5. The maximum Gasteiger partial charge on any atom is 0.0688 e. The maximum absolute atomic E-state index is 6.35. The van der Waals surface area contributed by atoms with E-state index in [4.69, 9.17) is 17.3 Å². The Morgan fingerprint density at radius 1 is 1.24 bits per heavy atom. The molecule has 1 heterocycles. The Morgan fingerprint density at radius 3 is 2.57 bits per heavy atom. The minimum Gasteiger partial charge on any atom is -0.399 e. The first-order valence-corrected chi connectivity index (χ1v) is 7.43. The van der Waals surface area contributed by atoms with Crippen molar-refractivity contribution in [2.75, 3.05) is 24.6 Å². The van der Waals surface area contributed by atoms with Crippen molar-refractivity contribution in [1.29, 1.82) is 0 Å². The van der Waals surface area contributed by atoms with Crippen LogP contribution in [0.2, 0.25) is 5.02 Å². The van der Waals surface area contributed by atoms with Gasteiger partial charge in [0.1, 0.15) is 0 Å². The fourth-order valence-corrected chi connectivity index (χ4v) is 2.71. The van der Waals surface area contributed by atoms with E-state index >= 15 is 0 Å². The van der Waals surface area contributed by atoms with E-state index < -0.39 is 0 Å². The van der Waals surface area contributed by atoms with E-state index in [1.807, 2.05) is 37.5 Å². The summed E-state index contributed by atoms with van der Waals surface area (Å²) in [6, 6.07) is 7.72. The van der Waals surface area contributed by atoms with Crippen molar-refractivity contribution < 1.29 is 0 Å². The number of nitrogens with two attached hydrogens (primary N) is 1. The summed E-state index contributed by atoms with van der Waals surface area (Å²) in [5.41, 5.74) is 9.68. The van der Waals surface area contributed by atoms with E-state index in [1.165, 1.54) is 12.8 Å². The normalized spacial score (nSPS) is 15.7. The van der Waals surface area contributed by atoms with E-state index in [0.29, 0.717) is 5.02 Å². The first-order valence-electron chi connectivity index (χ1n) is 7.06. The first-order chi connectivity index (χ1) is 10.1. The van der Waals surface area contributed by atoms with Crippen LogP contribution in [0.15, 0.2) is 36.7 Å². The van der Waals surface area contributed by atoms with Gasteiger partial charge in [0.25, 0.3) is 0 Å². The van der Waals surface area contributed by atoms with E-state index in [2.05, 4.69) is 15.6 Å². The Hall–Kier alpha value is -1.78. The van der Waals surface area contributed by atoms with Crippen LogP contribution in [0.3, 0.4) is 0 Å². The lowest BCUT2D eigenvalue weighted by Gasteiger charge is -2.18. The fraction of sp³-hybridized carbons (Fsp3) is 0.312. The van der Waals surface area contributed by atoms with Crippen molar-refractivity contribution in [1.82, 2.24) is 10.3 Å². The number of halogens is 1. The van der Waals surface area contributed by atoms with Gasteiger partial charge in [-0.3, -0.25) is 4.98 Å². The molecule has 4 nitrogen and oxygen atoms in total. The molecule has 0 unspecified atom stereocenters. The molecule has 0 radical (unpaired) electrons. The Kier molecular flexibility index (Phi) is 3.74. The second kappa shape index (κ2) is 5.54. The lowest BCUT2D eigenvalue weighted by atomic mass is 10.0. The molecule has 1 aromatic carbocycles. The van der Waals surface area contributed by atoms with Crippen LogP contribution in [0.25, 0.3) is 11.1 Å². The topological polar surface area (TPSA) is 63.0 Å². The van der Waals surface area contributed by atoms with Crippen molar-refractivity contribution >= 4 is 23.0 Å². The summed E-state index contributed by atoms with van der Waals surface area (Å²) in [6.45, 7) is 0.869. The van der Waals surface area contributed by atoms with Crippen LogP contribution in [-0.2, 0) is 0 Å². The molecule has 1 aromatic heterocycles. The van der Waals surface area contributed by atoms with Crippen LogP contribution in [-0.4, -0.2) is 24.1 Å². The van der Waals surface area contributed by atoms with Gasteiger partial charge in [-0.1, -0.05) is 23.7 Å². The fourth-order valence-electron chi connectivity index (χ4n) is 2.44. The number of aromatic nitrogens is 1. The molecular weight excluding hydrogens is 284 g/mol. The summed E-state index contributed by atoms with van der Waals surface area (Å²) in [5, 5.41) is 7.49. The zero-order valence-corrected chi connectivity index (χ0v) is 12.7. The molecule has 5 heteroatoms. The number of nitrogens with one attached hydrogen (secondary N) is 2. The van der Waals surface area contributed by atoms with Gasteiger partial charge in [0.05, 0.1) is 16.9 Å². The summed E-state index contributed by atoms with van der Waals surface area (Å²) in [4.78, 5) is 4.20. The Labute approximate surface area is 129 Å². The summed E-state index contributed by atoms with van der Waals surface area (Å²) in [6.07, 6.45) is 5.89. The van der Waals surface area contributed by atoms with E-state index in [1.54, 1.807) is 6.20 Å². The number of nitrogens with zero attached hydrogens (tertiary/aromatic N) is 1. The Morgan fingerprint density at radius 2 is 1.95 bits per heavy atom. The maximum atomic E-state index is 6.35. The van der Waals surface area contributed by atoms with Crippen LogP contribution in [0.1, 0.15) is 12.8 Å². The number of hydrogen-bond acceptors (Lipinski definition) is 4. The van der Waals surface area contributed by atoms with Gasteiger partial charge < -0.3 is 16.4 Å². The Balaban J connectivity index is 1.90. The third-order valence-electron chi connectivity index (χ3n) is 4.10. The predicted molar refractivity (Wildman–Crippen MR) is 88.6 cm³/mol. The van der Waals surface area contributed by atoms with Crippen LogP contribution in [0.4, 0.5) is 11.4 Å². The van der Waals surface area contributed by atoms with Gasteiger partial charge in [-0.2, -0.15) is 0 Å². The molecule has 0 aliphatic heterocycles. The summed E-state index contributed by atoms with van der Waals surface area (Å²) < 4.78 is 0. The largest absolute Gasteiger partial charge is 0.399 e. The molecule has 0 amide bonds. The average Bonchev–Trinajstić information content (AvgIpc) is 3.27. The number of pyridine rings is 1. The monoisotopic (exact) mass is 302 g/mol. The third-order valence-corrected chi connectivity index (χ3v) is 4.39. The zero-order valence-electron chi connectivity index (χ0n) is 12.0. The number of rotatable bonds is 5. The molecule has 0 saturated heterocycles. The Bertz CT molecular complexity index is 635. The molecule has 0 bridgehead atoms. The van der Waals surface area contributed by atoms with Crippen LogP contribution < -0.4 is 16.4 Å². The van der Waals surface area contributed by atoms with Gasteiger partial charge in [0, 0.05) is 29.5 Å². The molecule has 2 aromatic rings. The minimum atomic E-state index is 0.223. The number of benzene rings is 1. The van der Waals surface area contributed by atoms with Gasteiger partial charge in [-0.15, -0.1) is 0 Å². The highest BCUT2D eigenvalue weighted by Crippen LogP contribution is 2.38. The molecule has 21 heavy (non-hydrogen) atoms. The second-order valence-corrected chi connectivity index (χ2v) is 5.96. The van der Waals surface area contributed by atoms with Gasteiger partial charge >= 0.3 is 0 Å². The quantitative estimate of drug-likeness (QED) is 0.743. The minimum absolute atomic E-state index is 0.223. The molecule has 0 spiro atoms. The van der Waals surface area contributed by atoms with Gasteiger partial charge in [0.2, 0.25) is 0 Å². The van der Waals surface area contributed by atoms with Crippen molar-refractivity contribution in [2.45, 2.75) is 18.4 Å². The van der Waals surface area contributed by atoms with Gasteiger partial charge in [-0.25, -0.2) is 0 Å². The SMILES string of the molecule is CNC1(CNc2cncc(Cl)c2-c2ccc(N)cc2)CC1. The van der Waals surface area contributed by atoms with Crippen LogP contribution >= 0.6 is 11.6 Å². The van der Waals surface area contributed by atoms with Crippen LogP contribution in [0.5, 0.6) is 0 Å². The number of nitrogen functional groups attached to an aromatic ring is 1. The molecule has 0 atom stereocenters. The van der Waals surface area contributed by atoms with Crippen molar-refractivity contribution in [2.24, 2.45) is 0 Å². The molecule has 4 N–H and O–H groups in total. The summed E-state index contributed by atoms with van der Waals surface area (Å²) >= 11 is 6.35. The zero-order chi connectivity index (χ0) is 14.9. The summed E-state index contributed by atoms with van der Waals surface area (Å²) in [5.74, 6) is 0. The highest BCUT2D eigenvalue weighted by molar-refractivity contribution is 6.33. The van der Waals surface area contributed by atoms with Gasteiger partial charge in [-0.05, 0) is 37.6 Å². The van der Waals surface area contributed by atoms with Crippen molar-refractivity contribution in [3.63, 3.8) is 0 Å². The molecule has 1 fully saturated rings. The molecule has 1 aliphatic carbocycles. The lowest BCUT2D eigenvalue weighted by molar-refractivity contribution is 0.578. The third kappa shape index (κ3) is 2.96. The lowest BCUT2D eigenvalue weighted by Crippen LogP contribution is -2.35. The van der Waals surface area contributed by atoms with Crippen molar-refractivity contribution in [3.05, 3.63) is 41.7 Å². The summed E-state index contributed by atoms with van der Waals surface area (Å²) in [7, 11) is 2.01. The number of likely N-dealkylation sites (N-methyl/N-ethyl adjacent to an activating group) is 1. The second-order valence-electron chi connectivity index (χ2n) is 5.55. The molecule has 1 saturated carbocycles. The average molecular weight is 303 g/mol. The van der Waals surface area contributed by atoms with Crippen LogP contribution in [0, 0.1) is 0 Å². The van der Waals surface area contributed by atoms with Gasteiger partial charge in [0.15, 0.2) is 0 Å². The molecule has 1 aliphatic rings. The number of hydrogen-bond donors (Lipinski definition) is 3. The number of anilines is 2. The first kappa shape index (κ1) is 14.2. The standard InChI is InChI=1S/C16H19ClN4/c1-19-16(6-7-16)10-21-14-9-20-8-13(17)15(14)11-2-4-12(18)5-3-11/h2-5,8-9,19,21H,6-7,10,18H2,1H3. The van der Waals surface area contributed by atoms with E-state index in [-0.39, 0.29) is 5.54 Å². The predicted octanol–water partition coefficient (Wildman–Crippen LogP) is 3.15.